The SMILES string of the molecule is CCCCCC=CCC=CCC=CCCCCC(=O)n1c(C)c(CC(=O)O)c2cc(OC)ccc21. The van der Waals surface area contributed by atoms with Crippen LogP contribution in [0.1, 0.15) is 87.2 Å². The van der Waals surface area contributed by atoms with Crippen molar-refractivity contribution in [3.05, 3.63) is 65.9 Å². The van der Waals surface area contributed by atoms with Crippen molar-refractivity contribution >= 4 is 22.8 Å². The Bertz CT molecular complexity index is 1040. The number of ether oxygens (including phenoxy) is 1. The van der Waals surface area contributed by atoms with Crippen LogP contribution in [0.25, 0.3) is 10.9 Å². The fraction of sp³-hybridized carbons (Fsp3) is 0.467. The van der Waals surface area contributed by atoms with Crippen LogP contribution in [0.4, 0.5) is 0 Å². The molecule has 0 saturated heterocycles. The van der Waals surface area contributed by atoms with Gasteiger partial charge in [-0.15, -0.1) is 0 Å². The lowest BCUT2D eigenvalue weighted by atomic mass is 10.1. The summed E-state index contributed by atoms with van der Waals surface area (Å²) >= 11 is 0. The minimum Gasteiger partial charge on any atom is -0.497 e. The van der Waals surface area contributed by atoms with E-state index in [1.54, 1.807) is 17.7 Å². The summed E-state index contributed by atoms with van der Waals surface area (Å²) in [5.41, 5.74) is 2.11. The number of aliphatic carboxylic acids is 1. The maximum atomic E-state index is 13.0. The smallest absolute Gasteiger partial charge is 0.307 e. The number of fused-ring (bicyclic) bond motifs is 1. The Labute approximate surface area is 210 Å². The monoisotopic (exact) mass is 479 g/mol. The average Bonchev–Trinajstić information content (AvgIpc) is 3.11. The van der Waals surface area contributed by atoms with Gasteiger partial charge < -0.3 is 9.84 Å². The average molecular weight is 480 g/mol. The molecular weight excluding hydrogens is 438 g/mol. The Kier molecular flexibility index (Phi) is 12.7. The number of carbonyl (C=O) groups excluding carboxylic acids is 1. The second-order valence-electron chi connectivity index (χ2n) is 8.87. The largest absolute Gasteiger partial charge is 0.497 e. The van der Waals surface area contributed by atoms with Crippen molar-refractivity contribution in [1.29, 1.82) is 0 Å². The summed E-state index contributed by atoms with van der Waals surface area (Å²) < 4.78 is 6.97. The molecule has 1 aromatic heterocycles. The van der Waals surface area contributed by atoms with Crippen LogP contribution >= 0.6 is 0 Å². The zero-order valence-electron chi connectivity index (χ0n) is 21.6. The lowest BCUT2D eigenvalue weighted by Crippen LogP contribution is -2.12. The van der Waals surface area contributed by atoms with E-state index in [4.69, 9.17) is 4.74 Å². The molecule has 0 amide bonds. The maximum Gasteiger partial charge on any atom is 0.307 e. The number of carboxylic acids is 1. The molecule has 0 spiro atoms. The number of hydrogen-bond acceptors (Lipinski definition) is 3. The molecule has 0 aliphatic rings. The molecule has 5 heteroatoms. The first kappa shape index (κ1) is 28.2. The van der Waals surface area contributed by atoms with Crippen LogP contribution < -0.4 is 4.74 Å². The topological polar surface area (TPSA) is 68.5 Å². The van der Waals surface area contributed by atoms with Gasteiger partial charge in [-0.05, 0) is 75.6 Å². The van der Waals surface area contributed by atoms with E-state index >= 15 is 0 Å². The van der Waals surface area contributed by atoms with Crippen LogP contribution in [-0.4, -0.2) is 28.7 Å². The molecular formula is C30H41NO4. The van der Waals surface area contributed by atoms with Gasteiger partial charge in [-0.25, -0.2) is 0 Å². The third-order valence-electron chi connectivity index (χ3n) is 6.15. The summed E-state index contributed by atoms with van der Waals surface area (Å²) in [5, 5.41) is 10.1. The van der Waals surface area contributed by atoms with Crippen molar-refractivity contribution in [3.8, 4) is 5.75 Å². The van der Waals surface area contributed by atoms with E-state index in [1.165, 1.54) is 25.7 Å². The minimum atomic E-state index is -0.914. The summed E-state index contributed by atoms with van der Waals surface area (Å²) in [6.07, 6.45) is 23.3. The highest BCUT2D eigenvalue weighted by Gasteiger charge is 2.20. The third-order valence-corrected chi connectivity index (χ3v) is 6.15. The molecule has 0 saturated carbocycles. The Balaban J connectivity index is 1.79. The predicted molar refractivity (Wildman–Crippen MR) is 144 cm³/mol. The molecule has 0 radical (unpaired) electrons. The third kappa shape index (κ3) is 9.23. The first-order valence-electron chi connectivity index (χ1n) is 12.9. The summed E-state index contributed by atoms with van der Waals surface area (Å²) in [6, 6.07) is 5.45. The molecule has 0 bridgehead atoms. The van der Waals surface area contributed by atoms with Gasteiger partial charge in [0.25, 0.3) is 0 Å². The summed E-state index contributed by atoms with van der Waals surface area (Å²) in [5.74, 6) is -0.263. The zero-order valence-corrected chi connectivity index (χ0v) is 21.6. The summed E-state index contributed by atoms with van der Waals surface area (Å²) in [4.78, 5) is 24.4. The van der Waals surface area contributed by atoms with Crippen molar-refractivity contribution in [1.82, 2.24) is 4.57 Å². The van der Waals surface area contributed by atoms with Gasteiger partial charge in [0.15, 0.2) is 0 Å². The van der Waals surface area contributed by atoms with Crippen molar-refractivity contribution in [2.75, 3.05) is 7.11 Å². The molecule has 0 fully saturated rings. The maximum absolute atomic E-state index is 13.0. The Morgan fingerprint density at radius 2 is 1.57 bits per heavy atom. The van der Waals surface area contributed by atoms with Gasteiger partial charge in [0, 0.05) is 17.5 Å². The van der Waals surface area contributed by atoms with Crippen LogP contribution in [-0.2, 0) is 11.2 Å². The van der Waals surface area contributed by atoms with Gasteiger partial charge in [-0.3, -0.25) is 14.2 Å². The first-order valence-corrected chi connectivity index (χ1v) is 12.9. The molecule has 1 aromatic carbocycles. The van der Waals surface area contributed by atoms with Gasteiger partial charge in [-0.1, -0.05) is 56.2 Å². The molecule has 0 aliphatic carbocycles. The molecule has 1 heterocycles. The van der Waals surface area contributed by atoms with Crippen molar-refractivity contribution in [2.45, 2.75) is 84.5 Å². The molecule has 0 atom stereocenters. The van der Waals surface area contributed by atoms with Crippen molar-refractivity contribution < 1.29 is 19.4 Å². The van der Waals surface area contributed by atoms with Gasteiger partial charge in [-0.2, -0.15) is 0 Å². The number of rotatable bonds is 16. The van der Waals surface area contributed by atoms with Crippen LogP contribution in [0, 0.1) is 6.92 Å². The molecule has 0 aliphatic heterocycles. The second-order valence-corrected chi connectivity index (χ2v) is 8.87. The molecule has 0 unspecified atom stereocenters. The lowest BCUT2D eigenvalue weighted by molar-refractivity contribution is -0.136. The van der Waals surface area contributed by atoms with E-state index in [0.717, 1.165) is 43.0 Å². The number of unbranched alkanes of at least 4 members (excludes halogenated alkanes) is 5. The van der Waals surface area contributed by atoms with E-state index in [0.29, 0.717) is 23.4 Å². The van der Waals surface area contributed by atoms with E-state index in [9.17, 15) is 14.7 Å². The van der Waals surface area contributed by atoms with Gasteiger partial charge >= 0.3 is 5.97 Å². The van der Waals surface area contributed by atoms with Crippen LogP contribution in [0.2, 0.25) is 0 Å². The fourth-order valence-corrected chi connectivity index (χ4v) is 4.23. The minimum absolute atomic E-state index is 0.00367. The molecule has 2 rings (SSSR count). The van der Waals surface area contributed by atoms with E-state index < -0.39 is 5.97 Å². The highest BCUT2D eigenvalue weighted by molar-refractivity contribution is 5.98. The summed E-state index contributed by atoms with van der Waals surface area (Å²) in [7, 11) is 1.57. The normalized spacial score (nSPS) is 12.0. The number of nitrogens with zero attached hydrogens (tertiary/aromatic N) is 1. The molecule has 190 valence electrons. The molecule has 35 heavy (non-hydrogen) atoms. The van der Waals surface area contributed by atoms with Gasteiger partial charge in [0.2, 0.25) is 5.91 Å². The number of carboxylic acid groups (broad SMARTS) is 1. The number of allylic oxidation sites excluding steroid dienone is 6. The standard InChI is InChI=1S/C30H41NO4/c1-4-5-6-7-8-9-10-11-12-13-14-15-16-17-18-19-29(32)31-24(2)26(23-30(33)34)27-22-25(35-3)20-21-28(27)31/h8-9,11-12,14-15,20-22H,4-7,10,13,16-19,23H2,1-3H3,(H,33,34). The molecule has 1 N–H and O–H groups in total. The van der Waals surface area contributed by atoms with Crippen LogP contribution in [0.5, 0.6) is 5.75 Å². The number of hydrogen-bond donors (Lipinski definition) is 1. The van der Waals surface area contributed by atoms with Crippen molar-refractivity contribution in [3.63, 3.8) is 0 Å². The summed E-state index contributed by atoms with van der Waals surface area (Å²) in [6.45, 7) is 4.05. The number of methoxy groups -OCH3 is 1. The zero-order chi connectivity index (χ0) is 25.5. The van der Waals surface area contributed by atoms with Gasteiger partial charge in [0.05, 0.1) is 19.0 Å². The fourth-order valence-electron chi connectivity index (χ4n) is 4.23. The molecule has 2 aromatic rings. The van der Waals surface area contributed by atoms with Gasteiger partial charge in [0.1, 0.15) is 5.75 Å². The van der Waals surface area contributed by atoms with E-state index in [2.05, 4.69) is 43.4 Å². The van der Waals surface area contributed by atoms with E-state index in [-0.39, 0.29) is 12.3 Å². The van der Waals surface area contributed by atoms with Crippen LogP contribution in [0.3, 0.4) is 0 Å². The molecule has 5 nitrogen and oxygen atoms in total. The quantitative estimate of drug-likeness (QED) is 0.197. The Morgan fingerprint density at radius 3 is 2.17 bits per heavy atom. The van der Waals surface area contributed by atoms with Crippen molar-refractivity contribution in [2.24, 2.45) is 0 Å². The predicted octanol–water partition coefficient (Wildman–Crippen LogP) is 7.82. The second kappa shape index (κ2) is 15.8. The number of aromatic nitrogens is 1. The lowest BCUT2D eigenvalue weighted by Gasteiger charge is -2.07. The number of benzene rings is 1. The van der Waals surface area contributed by atoms with E-state index in [1.807, 2.05) is 19.1 Å². The van der Waals surface area contributed by atoms with Crippen LogP contribution in [0.15, 0.2) is 54.7 Å². The Hall–Kier alpha value is -3.08. The first-order chi connectivity index (χ1) is 17.0. The Morgan fingerprint density at radius 1 is 0.943 bits per heavy atom. The number of carbonyl (C=O) groups is 2. The highest BCUT2D eigenvalue weighted by atomic mass is 16.5. The highest BCUT2D eigenvalue weighted by Crippen LogP contribution is 2.30.